The fourth-order valence-corrected chi connectivity index (χ4v) is 5.05. The van der Waals surface area contributed by atoms with Crippen molar-refractivity contribution in [1.29, 1.82) is 0 Å². The first-order valence-corrected chi connectivity index (χ1v) is 9.47. The van der Waals surface area contributed by atoms with Crippen molar-refractivity contribution in [2.75, 3.05) is 5.88 Å². The van der Waals surface area contributed by atoms with Gasteiger partial charge in [-0.25, -0.2) is 0 Å². The molecule has 0 radical (unpaired) electrons. The lowest BCUT2D eigenvalue weighted by atomic mass is 9.99. The molecule has 0 saturated heterocycles. The summed E-state index contributed by atoms with van der Waals surface area (Å²) in [5.74, 6) is 0.968. The van der Waals surface area contributed by atoms with E-state index in [4.69, 9.17) is 0 Å². The third kappa shape index (κ3) is 3.08. The van der Waals surface area contributed by atoms with Gasteiger partial charge in [0.05, 0.1) is 0 Å². The highest BCUT2D eigenvalue weighted by atomic mass is 32.2. The Morgan fingerprint density at radius 1 is 0.833 bits per heavy atom. The molecule has 0 atom stereocenters. The number of aryl methyl sites for hydroxylation is 5. The van der Waals surface area contributed by atoms with Crippen molar-refractivity contribution < 1.29 is 4.58 Å². The second kappa shape index (κ2) is 6.60. The van der Waals surface area contributed by atoms with Gasteiger partial charge in [-0.15, -0.1) is 0 Å². The third-order valence-corrected chi connectivity index (χ3v) is 5.77. The molecule has 0 fully saturated rings. The Labute approximate surface area is 150 Å². The smallest absolute Gasteiger partial charge is 0.186 e. The molecule has 1 heterocycles. The van der Waals surface area contributed by atoms with E-state index >= 15 is 0 Å². The largest absolute Gasteiger partial charge is 0.211 e. The maximum absolute atomic E-state index is 2.44. The van der Waals surface area contributed by atoms with E-state index in [0.717, 1.165) is 5.88 Å². The molecule has 1 aliphatic rings. The predicted octanol–water partition coefficient (Wildman–Crippen LogP) is 6.08. The number of para-hydroxylation sites is 1. The third-order valence-electron chi connectivity index (χ3n) is 4.75. The highest BCUT2D eigenvalue weighted by Crippen LogP contribution is 2.37. The van der Waals surface area contributed by atoms with E-state index in [0.29, 0.717) is 0 Å². The fraction of sp³-hybridized carbons (Fsp3) is 0.318. The molecule has 24 heavy (non-hydrogen) atoms. The van der Waals surface area contributed by atoms with Crippen molar-refractivity contribution in [3.63, 3.8) is 0 Å². The number of thioether (sulfide) groups is 1. The second-order valence-electron chi connectivity index (χ2n) is 6.87. The zero-order valence-electron chi connectivity index (χ0n) is 15.5. The van der Waals surface area contributed by atoms with Crippen LogP contribution in [0.2, 0.25) is 0 Å². The highest BCUT2D eigenvalue weighted by Gasteiger charge is 2.25. The second-order valence-corrected chi connectivity index (χ2v) is 7.85. The van der Waals surface area contributed by atoms with E-state index < -0.39 is 0 Å². The Morgan fingerprint density at radius 2 is 1.42 bits per heavy atom. The van der Waals surface area contributed by atoms with Crippen LogP contribution in [0.3, 0.4) is 0 Å². The molecule has 2 aromatic carbocycles. The Bertz CT molecular complexity index is 828. The van der Waals surface area contributed by atoms with Crippen LogP contribution in [-0.2, 0) is 0 Å². The predicted molar refractivity (Wildman–Crippen MR) is 108 cm³/mol. The standard InChI is InChI=1S/C22H26NS/c1-14-10-17(4)21(18(5)11-14)20-12-19(6)23(13-24-20)22-15(2)8-7-9-16(22)3/h7-12H,13H2,1-6H3/q+1. The van der Waals surface area contributed by atoms with Crippen LogP contribution in [0.4, 0.5) is 5.69 Å². The molecule has 0 amide bonds. The van der Waals surface area contributed by atoms with Gasteiger partial charge in [-0.05, 0) is 51.3 Å². The average molecular weight is 337 g/mol. The summed E-state index contributed by atoms with van der Waals surface area (Å²) in [6, 6.07) is 11.1. The van der Waals surface area contributed by atoms with Gasteiger partial charge in [0, 0.05) is 29.0 Å². The van der Waals surface area contributed by atoms with Gasteiger partial charge < -0.3 is 0 Å². The minimum Gasteiger partial charge on any atom is -0.186 e. The van der Waals surface area contributed by atoms with Gasteiger partial charge in [0.1, 0.15) is 0 Å². The van der Waals surface area contributed by atoms with E-state index in [1.165, 1.54) is 49.7 Å². The van der Waals surface area contributed by atoms with Gasteiger partial charge in [0.15, 0.2) is 11.6 Å². The number of allylic oxidation sites excluding steroid dienone is 1. The van der Waals surface area contributed by atoms with E-state index in [1.807, 2.05) is 11.8 Å². The molecular formula is C22H26NS+. The summed E-state index contributed by atoms with van der Waals surface area (Å²) in [6.45, 7) is 13.3. The van der Waals surface area contributed by atoms with Crippen LogP contribution in [0.15, 0.2) is 36.4 Å². The molecule has 0 aliphatic carbocycles. The molecule has 2 heteroatoms. The summed E-state index contributed by atoms with van der Waals surface area (Å²) in [6.07, 6.45) is 2.35. The first-order chi connectivity index (χ1) is 11.4. The maximum atomic E-state index is 2.44. The minimum atomic E-state index is 0.968. The molecular weight excluding hydrogens is 310 g/mol. The van der Waals surface area contributed by atoms with Crippen LogP contribution in [0.25, 0.3) is 4.91 Å². The number of rotatable bonds is 2. The van der Waals surface area contributed by atoms with E-state index in [2.05, 4.69) is 82.5 Å². The van der Waals surface area contributed by atoms with Crippen molar-refractivity contribution >= 4 is 28.1 Å². The molecule has 0 unspecified atom stereocenters. The summed E-state index contributed by atoms with van der Waals surface area (Å²) in [7, 11) is 0. The molecule has 0 saturated carbocycles. The van der Waals surface area contributed by atoms with Crippen LogP contribution in [-0.4, -0.2) is 16.2 Å². The molecule has 2 aromatic rings. The molecule has 0 spiro atoms. The van der Waals surface area contributed by atoms with Gasteiger partial charge in [-0.1, -0.05) is 47.7 Å². The molecule has 3 rings (SSSR count). The summed E-state index contributed by atoms with van der Waals surface area (Å²) in [4.78, 5) is 1.39. The van der Waals surface area contributed by atoms with Crippen LogP contribution in [0.1, 0.15) is 40.3 Å². The summed E-state index contributed by atoms with van der Waals surface area (Å²) in [5.41, 5.74) is 10.9. The fourth-order valence-electron chi connectivity index (χ4n) is 3.73. The van der Waals surface area contributed by atoms with E-state index in [-0.39, 0.29) is 0 Å². The molecule has 0 bridgehead atoms. The molecule has 1 nitrogen and oxygen atoms in total. The van der Waals surface area contributed by atoms with Crippen molar-refractivity contribution in [2.45, 2.75) is 41.5 Å². The average Bonchev–Trinajstić information content (AvgIpc) is 2.48. The monoisotopic (exact) mass is 336 g/mol. The zero-order valence-corrected chi connectivity index (χ0v) is 16.3. The lowest BCUT2D eigenvalue weighted by Crippen LogP contribution is -2.18. The van der Waals surface area contributed by atoms with Crippen molar-refractivity contribution in [1.82, 2.24) is 0 Å². The maximum Gasteiger partial charge on any atom is 0.211 e. The Morgan fingerprint density at radius 3 is 1.96 bits per heavy atom. The molecule has 0 N–H and O–H groups in total. The Hall–Kier alpha value is -1.80. The summed E-state index contributed by atoms with van der Waals surface area (Å²) < 4.78 is 2.44. The van der Waals surface area contributed by atoms with Crippen LogP contribution < -0.4 is 0 Å². The molecule has 1 aliphatic heterocycles. The number of nitrogens with zero attached hydrogens (tertiary/aromatic N) is 1. The first-order valence-electron chi connectivity index (χ1n) is 8.48. The molecule has 124 valence electrons. The van der Waals surface area contributed by atoms with Gasteiger partial charge in [0.2, 0.25) is 5.69 Å². The number of hydrogen-bond acceptors (Lipinski definition) is 1. The van der Waals surface area contributed by atoms with Crippen molar-refractivity contribution in [3.8, 4) is 0 Å². The summed E-state index contributed by atoms with van der Waals surface area (Å²) in [5, 5.41) is 0. The van der Waals surface area contributed by atoms with Gasteiger partial charge in [-0.2, -0.15) is 4.58 Å². The Kier molecular flexibility index (Phi) is 4.69. The van der Waals surface area contributed by atoms with Crippen LogP contribution >= 0.6 is 11.8 Å². The number of benzene rings is 2. The first kappa shape index (κ1) is 17.0. The highest BCUT2D eigenvalue weighted by molar-refractivity contribution is 8.08. The minimum absolute atomic E-state index is 0.968. The van der Waals surface area contributed by atoms with Crippen LogP contribution in [0.5, 0.6) is 0 Å². The normalized spacial score (nSPS) is 14.8. The Balaban J connectivity index is 2.10. The quantitative estimate of drug-likeness (QED) is 0.601. The van der Waals surface area contributed by atoms with E-state index in [9.17, 15) is 0 Å². The van der Waals surface area contributed by atoms with Gasteiger partial charge >= 0.3 is 0 Å². The summed E-state index contributed by atoms with van der Waals surface area (Å²) >= 11 is 1.94. The van der Waals surface area contributed by atoms with Gasteiger partial charge in [0.25, 0.3) is 0 Å². The molecule has 0 aromatic heterocycles. The van der Waals surface area contributed by atoms with Crippen LogP contribution in [0, 0.1) is 34.6 Å². The zero-order chi connectivity index (χ0) is 17.4. The van der Waals surface area contributed by atoms with E-state index in [1.54, 1.807) is 0 Å². The SMILES string of the molecule is CC1=[N+](c2c(C)cccc2C)CSC(c2c(C)cc(C)cc2C)=C1. The van der Waals surface area contributed by atoms with Crippen molar-refractivity contribution in [2.24, 2.45) is 0 Å². The van der Waals surface area contributed by atoms with Gasteiger partial charge in [-0.3, -0.25) is 0 Å². The number of hydrogen-bond donors (Lipinski definition) is 0. The lowest BCUT2D eigenvalue weighted by Gasteiger charge is -2.19. The topological polar surface area (TPSA) is 3.01 Å². The lowest BCUT2D eigenvalue weighted by molar-refractivity contribution is -0.417. The van der Waals surface area contributed by atoms with Crippen molar-refractivity contribution in [3.05, 3.63) is 69.8 Å².